The number of alkyl halides is 1. The van der Waals surface area contributed by atoms with Gasteiger partial charge in [0.05, 0.1) is 25.9 Å². The van der Waals surface area contributed by atoms with Gasteiger partial charge in [-0.15, -0.1) is 0 Å². The van der Waals surface area contributed by atoms with E-state index in [1.165, 1.54) is 23.4 Å². The van der Waals surface area contributed by atoms with Crippen LogP contribution in [-0.2, 0) is 53.1 Å². The lowest BCUT2D eigenvalue weighted by molar-refractivity contribution is -0.118. The summed E-state index contributed by atoms with van der Waals surface area (Å²) in [6.07, 6.45) is -5.05. The third kappa shape index (κ3) is 8.94. The lowest BCUT2D eigenvalue weighted by Crippen LogP contribution is -2.53. The molecule has 4 N–H and O–H groups in total. The molecule has 23 nitrogen and oxygen atoms in total. The molecule has 0 radical (unpaired) electrons. The van der Waals surface area contributed by atoms with Crippen molar-refractivity contribution < 1.29 is 50.6 Å². The van der Waals surface area contributed by atoms with Crippen LogP contribution in [0.5, 0.6) is 0 Å². The van der Waals surface area contributed by atoms with Crippen LogP contribution in [0.1, 0.15) is 67.8 Å². The van der Waals surface area contributed by atoms with Crippen LogP contribution in [0.2, 0.25) is 16.6 Å². The van der Waals surface area contributed by atoms with Gasteiger partial charge in [-0.3, -0.25) is 47.7 Å². The Labute approximate surface area is 384 Å². The van der Waals surface area contributed by atoms with Crippen molar-refractivity contribution >= 4 is 75.4 Å². The fraction of sp³-hybridized carbons (Fsp3) is 0.632. The Balaban J connectivity index is 1.20. The maximum atomic E-state index is 16.9. The fourth-order valence-corrected chi connectivity index (χ4v) is 17.5. The van der Waals surface area contributed by atoms with Gasteiger partial charge in [-0.2, -0.15) is 4.98 Å². The minimum absolute atomic E-state index is 0.0713. The summed E-state index contributed by atoms with van der Waals surface area (Å²) in [6.45, 7) is 17.9. The second-order valence-electron chi connectivity index (χ2n) is 17.4. The second-order valence-corrected chi connectivity index (χ2v) is 26.7. The summed E-state index contributed by atoms with van der Waals surface area (Å²) >= 11 is 5.98. The van der Waals surface area contributed by atoms with Crippen molar-refractivity contribution in [3.63, 3.8) is 0 Å². The molecule has 0 aromatic carbocycles. The number of carbonyl (C=O) groups excluding carboxylic acids is 1. The number of amides is 1. The second kappa shape index (κ2) is 19.2. The van der Waals surface area contributed by atoms with Crippen LogP contribution in [0.25, 0.3) is 33.0 Å². The van der Waals surface area contributed by atoms with Crippen molar-refractivity contribution in [1.82, 2.24) is 43.4 Å². The number of nitrogens with zero attached hydrogens (tertiary/aromatic N) is 8. The molecule has 0 spiro atoms. The highest BCUT2D eigenvalue weighted by atomic mass is 32.5. The number of hydrogen-bond acceptors (Lipinski definition) is 17. The number of aromatic nitrogens is 9. The molecular formula is C38H52FN11O12P2SSi. The van der Waals surface area contributed by atoms with E-state index in [-0.39, 0.29) is 58.2 Å². The van der Waals surface area contributed by atoms with E-state index in [1.54, 1.807) is 29.0 Å². The molecule has 8 rings (SSSR count). The Kier molecular flexibility index (Phi) is 14.1. The van der Waals surface area contributed by atoms with E-state index < -0.39 is 109 Å². The number of hydrogen-bond donors (Lipinski definition) is 4. The molecule has 10 atom stereocenters. The van der Waals surface area contributed by atoms with Gasteiger partial charge in [0, 0.05) is 18.3 Å². The zero-order valence-electron chi connectivity index (χ0n) is 37.3. The standard InChI is InChI=1S/C38H52FN11O12P2SSi/c1-18(2)31(51)45-37-44-30-25(32(52)46-37)42-16-49(30)35-28-24(39)22(58-35)14-55-63(54)60-27-23(15-57-64(65,61-28)56-13-11-40-9)59-36(29(27)62-66(19(3)4,20(5)6)21(7)8)50-17-43-26-33(53)47-38-41-10-12-48(38)34(26)50/h10,12,16-24,27-29,35-36,54H,11,13-15H2,1-8H3,(H,41,47,53)(H2,44,45,46,51,52)/t22-,23-,24-,27-,28-,29-,35-,36-,63?,64?/m1/s1. The number of ether oxygens (including phenoxy) is 2. The van der Waals surface area contributed by atoms with Crippen LogP contribution < -0.4 is 16.4 Å². The number of anilines is 1. The van der Waals surface area contributed by atoms with Crippen molar-refractivity contribution in [2.24, 2.45) is 5.92 Å². The molecule has 5 aromatic rings. The van der Waals surface area contributed by atoms with Crippen LogP contribution >= 0.6 is 15.3 Å². The predicted octanol–water partition coefficient (Wildman–Crippen LogP) is 4.99. The first-order chi connectivity index (χ1) is 31.4. The number of imidazole rings is 3. The van der Waals surface area contributed by atoms with Gasteiger partial charge < -0.3 is 41.7 Å². The van der Waals surface area contributed by atoms with Crippen molar-refractivity contribution in [1.29, 1.82) is 0 Å². The first kappa shape index (κ1) is 48.5. The fourth-order valence-electron chi connectivity index (χ4n) is 9.11. The molecule has 5 aromatic heterocycles. The minimum atomic E-state index is -4.11. The molecule has 358 valence electrons. The normalized spacial score (nSPS) is 28.9. The first-order valence-electron chi connectivity index (χ1n) is 21.4. The van der Waals surface area contributed by atoms with Gasteiger partial charge in [0.2, 0.25) is 32.5 Å². The molecule has 3 aliphatic rings. The smallest absolute Gasteiger partial charge is 0.330 e. The van der Waals surface area contributed by atoms with E-state index in [0.29, 0.717) is 5.65 Å². The van der Waals surface area contributed by atoms with E-state index in [0.717, 1.165) is 0 Å². The van der Waals surface area contributed by atoms with Gasteiger partial charge in [-0.05, 0) is 28.4 Å². The quantitative estimate of drug-likeness (QED) is 0.0555. The van der Waals surface area contributed by atoms with E-state index in [1.807, 2.05) is 0 Å². The zero-order valence-corrected chi connectivity index (χ0v) is 40.9. The van der Waals surface area contributed by atoms with E-state index >= 15 is 4.39 Å². The van der Waals surface area contributed by atoms with Gasteiger partial charge in [-0.1, -0.05) is 55.4 Å². The van der Waals surface area contributed by atoms with Crippen molar-refractivity contribution in [3.05, 3.63) is 57.2 Å². The van der Waals surface area contributed by atoms with Gasteiger partial charge in [-0.25, -0.2) is 25.9 Å². The number of nitrogens with one attached hydrogen (secondary N) is 3. The molecule has 1 amide bonds. The molecule has 66 heavy (non-hydrogen) atoms. The maximum absolute atomic E-state index is 16.9. The van der Waals surface area contributed by atoms with Crippen molar-refractivity contribution in [2.75, 3.05) is 31.7 Å². The zero-order chi connectivity index (χ0) is 47.4. The highest BCUT2D eigenvalue weighted by Gasteiger charge is 2.57. The van der Waals surface area contributed by atoms with Crippen LogP contribution in [0.4, 0.5) is 10.3 Å². The van der Waals surface area contributed by atoms with E-state index in [9.17, 15) is 19.3 Å². The molecule has 0 aliphatic carbocycles. The average Bonchev–Trinajstić information content (AvgIpc) is 4.09. The molecule has 0 saturated carbocycles. The number of halogens is 1. The third-order valence-corrected chi connectivity index (χ3v) is 21.3. The lowest BCUT2D eigenvalue weighted by atomic mass is 10.1. The SMILES string of the molecule is [C-]#[N+]CCOP1(=S)OC[C@H]2O[C@@H](n3cnc4c(=O)[nH]c5nccn5c43)[C@H](O[Si](C(C)C)(C(C)C)C(C)C)[C@@H]2OP(O)OC[C@H]2O[C@@H](n3cnc4c(=O)[nH]c(NC(=O)C(C)C)nc43)[C@H](O1)[C@@H]2F. The molecule has 2 unspecified atom stereocenters. The minimum Gasteiger partial charge on any atom is -0.406 e. The monoisotopic (exact) mass is 995 g/mol. The van der Waals surface area contributed by atoms with Gasteiger partial charge in [0.1, 0.15) is 37.1 Å². The third-order valence-electron chi connectivity index (χ3n) is 12.1. The Hall–Kier alpha value is -3.93. The molecule has 3 fully saturated rings. The molecule has 8 heterocycles. The maximum Gasteiger partial charge on any atom is 0.330 e. The topological polar surface area (TPSA) is 259 Å². The number of fused-ring (bicyclic) bond motifs is 7. The summed E-state index contributed by atoms with van der Waals surface area (Å²) in [4.78, 5) is 76.5. The molecular weight excluding hydrogens is 944 g/mol. The van der Waals surface area contributed by atoms with Crippen LogP contribution in [-0.4, -0.2) is 126 Å². The lowest BCUT2D eigenvalue weighted by Gasteiger charge is -2.45. The predicted molar refractivity (Wildman–Crippen MR) is 242 cm³/mol. The summed E-state index contributed by atoms with van der Waals surface area (Å²) in [5.74, 6) is -0.804. The summed E-state index contributed by atoms with van der Waals surface area (Å²) in [7, 11) is -5.68. The van der Waals surface area contributed by atoms with Gasteiger partial charge in [0.15, 0.2) is 41.0 Å². The first-order valence-corrected chi connectivity index (χ1v) is 27.2. The highest BCUT2D eigenvalue weighted by molar-refractivity contribution is 8.07. The van der Waals surface area contributed by atoms with Crippen LogP contribution in [0.15, 0.2) is 34.6 Å². The van der Waals surface area contributed by atoms with Crippen molar-refractivity contribution in [3.8, 4) is 0 Å². The van der Waals surface area contributed by atoms with E-state index in [4.69, 9.17) is 54.9 Å². The van der Waals surface area contributed by atoms with Gasteiger partial charge in [0.25, 0.3) is 11.1 Å². The average molecular weight is 996 g/mol. The molecule has 2 bridgehead atoms. The Morgan fingerprint density at radius 1 is 1.02 bits per heavy atom. The Morgan fingerprint density at radius 2 is 1.70 bits per heavy atom. The number of aromatic amines is 2. The van der Waals surface area contributed by atoms with Gasteiger partial charge >= 0.3 is 15.3 Å². The Morgan fingerprint density at radius 3 is 2.39 bits per heavy atom. The number of H-pyrrole nitrogens is 2. The Bertz CT molecular complexity index is 2780. The summed E-state index contributed by atoms with van der Waals surface area (Å²) < 4.78 is 73.1. The molecule has 3 aliphatic heterocycles. The summed E-state index contributed by atoms with van der Waals surface area (Å²) in [5.41, 5.74) is -0.769. The highest BCUT2D eigenvalue weighted by Crippen LogP contribution is 2.57. The number of rotatable bonds is 12. The summed E-state index contributed by atoms with van der Waals surface area (Å²) in [5, 5.41) is 2.55. The van der Waals surface area contributed by atoms with Crippen LogP contribution in [0, 0.1) is 12.5 Å². The van der Waals surface area contributed by atoms with E-state index in [2.05, 4.69) is 81.6 Å². The molecule has 3 saturated heterocycles. The molecule has 28 heteroatoms. The number of carbonyl (C=O) groups is 1. The summed E-state index contributed by atoms with van der Waals surface area (Å²) in [6, 6.07) is 0. The van der Waals surface area contributed by atoms with Crippen LogP contribution in [0.3, 0.4) is 0 Å². The van der Waals surface area contributed by atoms with Crippen molar-refractivity contribution in [2.45, 2.75) is 121 Å². The largest absolute Gasteiger partial charge is 0.406 e.